The standard InChI is InChI=1S/C33H38N2O7/c1-4-21-14-20(3)15-22(5-2)31(21)34-29(37)18-35-17-26(24-8-11-27-28(16-24)42-19-41-27)30(33(38)39)32(35)23-6-9-25(10-7-23)40-13-12-36/h6-11,14-16,26,30,32,36H,4-5,12-13,17-19H2,1-3H3,(H,34,37)(H,38,39)/t26-,30?,32+/m1/s1. The second-order valence-corrected chi connectivity index (χ2v) is 10.8. The number of anilines is 1. The smallest absolute Gasteiger partial charge is 0.309 e. The first-order valence-corrected chi connectivity index (χ1v) is 14.4. The van der Waals surface area contributed by atoms with Crippen molar-refractivity contribution in [1.29, 1.82) is 0 Å². The first-order valence-electron chi connectivity index (χ1n) is 14.4. The largest absolute Gasteiger partial charge is 0.491 e. The van der Waals surface area contributed by atoms with Gasteiger partial charge in [-0.25, -0.2) is 0 Å². The van der Waals surface area contributed by atoms with Gasteiger partial charge in [-0.2, -0.15) is 0 Å². The van der Waals surface area contributed by atoms with Crippen LogP contribution in [0.4, 0.5) is 5.69 Å². The summed E-state index contributed by atoms with van der Waals surface area (Å²) < 4.78 is 16.6. The molecule has 0 saturated carbocycles. The van der Waals surface area contributed by atoms with Crippen LogP contribution in [0.3, 0.4) is 0 Å². The van der Waals surface area contributed by atoms with Crippen LogP contribution in [-0.4, -0.2) is 60.1 Å². The molecule has 0 radical (unpaired) electrons. The van der Waals surface area contributed by atoms with E-state index >= 15 is 0 Å². The van der Waals surface area contributed by atoms with Crippen LogP contribution in [0.5, 0.6) is 17.2 Å². The van der Waals surface area contributed by atoms with Crippen LogP contribution in [-0.2, 0) is 22.4 Å². The summed E-state index contributed by atoms with van der Waals surface area (Å²) >= 11 is 0. The number of ether oxygens (including phenoxy) is 3. The first kappa shape index (κ1) is 29.4. The highest BCUT2D eigenvalue weighted by Crippen LogP contribution is 2.47. The minimum Gasteiger partial charge on any atom is -0.491 e. The molecule has 3 atom stereocenters. The molecule has 222 valence electrons. The second-order valence-electron chi connectivity index (χ2n) is 10.8. The van der Waals surface area contributed by atoms with Gasteiger partial charge < -0.3 is 29.7 Å². The number of rotatable bonds is 11. The highest BCUT2D eigenvalue weighted by atomic mass is 16.7. The predicted molar refractivity (Wildman–Crippen MR) is 158 cm³/mol. The third kappa shape index (κ3) is 6.07. The van der Waals surface area contributed by atoms with Gasteiger partial charge >= 0.3 is 5.97 Å². The summed E-state index contributed by atoms with van der Waals surface area (Å²) in [7, 11) is 0. The molecule has 9 heteroatoms. The van der Waals surface area contributed by atoms with Crippen molar-refractivity contribution in [3.05, 3.63) is 82.4 Å². The van der Waals surface area contributed by atoms with Gasteiger partial charge in [0.1, 0.15) is 12.4 Å². The molecule has 42 heavy (non-hydrogen) atoms. The molecule has 0 bridgehead atoms. The molecule has 0 aromatic heterocycles. The topological polar surface area (TPSA) is 118 Å². The Morgan fingerprint density at radius 2 is 1.64 bits per heavy atom. The number of hydrogen-bond donors (Lipinski definition) is 3. The average Bonchev–Trinajstić information content (AvgIpc) is 3.61. The number of aliphatic hydroxyl groups excluding tert-OH is 1. The molecule has 9 nitrogen and oxygen atoms in total. The Morgan fingerprint density at radius 1 is 0.976 bits per heavy atom. The molecule has 1 amide bonds. The van der Waals surface area contributed by atoms with Crippen molar-refractivity contribution in [2.75, 3.05) is 38.4 Å². The van der Waals surface area contributed by atoms with Crippen LogP contribution in [0.25, 0.3) is 0 Å². The van der Waals surface area contributed by atoms with Crippen molar-refractivity contribution < 1.29 is 34.0 Å². The lowest BCUT2D eigenvalue weighted by Gasteiger charge is -2.27. The molecule has 1 unspecified atom stereocenters. The number of carboxylic acid groups (broad SMARTS) is 1. The number of likely N-dealkylation sites (tertiary alicyclic amines) is 1. The van der Waals surface area contributed by atoms with E-state index in [-0.39, 0.29) is 32.5 Å². The summed E-state index contributed by atoms with van der Waals surface area (Å²) in [5, 5.41) is 22.8. The van der Waals surface area contributed by atoms with E-state index in [4.69, 9.17) is 19.3 Å². The van der Waals surface area contributed by atoms with Crippen LogP contribution < -0.4 is 19.5 Å². The van der Waals surface area contributed by atoms with E-state index in [1.54, 1.807) is 12.1 Å². The van der Waals surface area contributed by atoms with Crippen molar-refractivity contribution in [2.45, 2.75) is 45.6 Å². The molecule has 0 aliphatic carbocycles. The monoisotopic (exact) mass is 574 g/mol. The van der Waals surface area contributed by atoms with E-state index in [2.05, 4.69) is 38.2 Å². The number of amides is 1. The minimum atomic E-state index is -0.939. The minimum absolute atomic E-state index is 0.0262. The zero-order valence-electron chi connectivity index (χ0n) is 24.3. The molecule has 5 rings (SSSR count). The third-order valence-corrected chi connectivity index (χ3v) is 8.11. The predicted octanol–water partition coefficient (Wildman–Crippen LogP) is 4.70. The van der Waals surface area contributed by atoms with Gasteiger partial charge in [0.25, 0.3) is 0 Å². The Morgan fingerprint density at radius 3 is 2.29 bits per heavy atom. The fraction of sp³-hybridized carbons (Fsp3) is 0.394. The molecule has 3 aromatic carbocycles. The molecule has 3 aromatic rings. The molecular formula is C33H38N2O7. The summed E-state index contributed by atoms with van der Waals surface area (Å²) in [6.45, 7) is 6.78. The van der Waals surface area contributed by atoms with E-state index in [1.807, 2.05) is 35.2 Å². The lowest BCUT2D eigenvalue weighted by molar-refractivity contribution is -0.143. The van der Waals surface area contributed by atoms with Crippen molar-refractivity contribution in [2.24, 2.45) is 5.92 Å². The lowest BCUT2D eigenvalue weighted by atomic mass is 9.82. The van der Waals surface area contributed by atoms with Gasteiger partial charge in [-0.3, -0.25) is 14.5 Å². The first-order chi connectivity index (χ1) is 20.3. The Bertz CT molecular complexity index is 1410. The average molecular weight is 575 g/mol. The lowest BCUT2D eigenvalue weighted by Crippen LogP contribution is -2.35. The summed E-state index contributed by atoms with van der Waals surface area (Å²) in [5.41, 5.74) is 5.76. The van der Waals surface area contributed by atoms with E-state index in [0.29, 0.717) is 23.8 Å². The molecule has 2 heterocycles. The van der Waals surface area contributed by atoms with E-state index in [0.717, 1.165) is 46.3 Å². The summed E-state index contributed by atoms with van der Waals surface area (Å²) in [6, 6.07) is 16.4. The number of benzene rings is 3. The van der Waals surface area contributed by atoms with Crippen LogP contribution in [0.1, 0.15) is 53.6 Å². The van der Waals surface area contributed by atoms with E-state index in [9.17, 15) is 14.7 Å². The number of fused-ring (bicyclic) bond motifs is 1. The van der Waals surface area contributed by atoms with Gasteiger partial charge in [-0.15, -0.1) is 0 Å². The molecule has 1 saturated heterocycles. The number of aliphatic carboxylic acids is 1. The van der Waals surface area contributed by atoms with E-state index in [1.165, 1.54) is 0 Å². The molecule has 1 fully saturated rings. The number of nitrogens with zero attached hydrogens (tertiary/aromatic N) is 1. The Balaban J connectivity index is 1.48. The maximum atomic E-state index is 13.6. The number of nitrogens with one attached hydrogen (secondary N) is 1. The van der Waals surface area contributed by atoms with Crippen molar-refractivity contribution in [1.82, 2.24) is 4.90 Å². The fourth-order valence-corrected chi connectivity index (χ4v) is 6.22. The Kier molecular flexibility index (Phi) is 8.99. The SMILES string of the molecule is CCc1cc(C)cc(CC)c1NC(=O)CN1C[C@H](c2ccc3c(c2)OCO3)C(C(=O)O)[C@@H]1c1ccc(OCCO)cc1. The molecular weight excluding hydrogens is 536 g/mol. The maximum Gasteiger partial charge on any atom is 0.309 e. The summed E-state index contributed by atoms with van der Waals surface area (Å²) in [5.74, 6) is -0.540. The highest BCUT2D eigenvalue weighted by molar-refractivity contribution is 5.94. The Labute approximate surface area is 246 Å². The van der Waals surface area contributed by atoms with Gasteiger partial charge in [-0.05, 0) is 66.3 Å². The van der Waals surface area contributed by atoms with Crippen LogP contribution in [0, 0.1) is 12.8 Å². The van der Waals surface area contributed by atoms with Crippen LogP contribution in [0.15, 0.2) is 54.6 Å². The van der Waals surface area contributed by atoms with Gasteiger partial charge in [0.2, 0.25) is 12.7 Å². The fourth-order valence-electron chi connectivity index (χ4n) is 6.22. The van der Waals surface area contributed by atoms with E-state index < -0.39 is 23.8 Å². The molecule has 0 spiro atoms. The zero-order chi connectivity index (χ0) is 29.8. The highest BCUT2D eigenvalue weighted by Gasteiger charge is 2.48. The van der Waals surface area contributed by atoms with Crippen molar-refractivity contribution in [3.63, 3.8) is 0 Å². The van der Waals surface area contributed by atoms with Crippen molar-refractivity contribution >= 4 is 17.6 Å². The van der Waals surface area contributed by atoms with Gasteiger partial charge in [0.15, 0.2) is 11.5 Å². The number of aryl methyl sites for hydroxylation is 3. The normalized spacial score (nSPS) is 19.6. The number of carbonyl (C=O) groups excluding carboxylic acids is 1. The van der Waals surface area contributed by atoms with Crippen molar-refractivity contribution in [3.8, 4) is 17.2 Å². The molecule has 2 aliphatic rings. The molecule has 3 N–H and O–H groups in total. The van der Waals surface area contributed by atoms with Crippen LogP contribution in [0.2, 0.25) is 0 Å². The van der Waals surface area contributed by atoms with Gasteiger partial charge in [0.05, 0.1) is 19.1 Å². The summed E-state index contributed by atoms with van der Waals surface area (Å²) in [4.78, 5) is 28.5. The Hall–Kier alpha value is -4.08. The third-order valence-electron chi connectivity index (χ3n) is 8.11. The van der Waals surface area contributed by atoms with Gasteiger partial charge in [0, 0.05) is 24.2 Å². The van der Waals surface area contributed by atoms with Gasteiger partial charge in [-0.1, -0.05) is 49.7 Å². The molecule has 2 aliphatic heterocycles. The quantitative estimate of drug-likeness (QED) is 0.302. The number of aliphatic hydroxyl groups is 1. The number of carboxylic acids is 1. The number of hydrogen-bond acceptors (Lipinski definition) is 7. The maximum absolute atomic E-state index is 13.6. The second kappa shape index (κ2) is 12.8. The number of carbonyl (C=O) groups is 2. The summed E-state index contributed by atoms with van der Waals surface area (Å²) in [6.07, 6.45) is 1.57. The van der Waals surface area contributed by atoms with Crippen LogP contribution >= 0.6 is 0 Å². The zero-order valence-corrected chi connectivity index (χ0v) is 24.3.